The fourth-order valence-electron chi connectivity index (χ4n) is 2.23. The van der Waals surface area contributed by atoms with Crippen LogP contribution in [-0.4, -0.2) is 31.4 Å². The molecule has 3 heteroatoms. The van der Waals surface area contributed by atoms with Crippen LogP contribution in [0.2, 0.25) is 0 Å². The van der Waals surface area contributed by atoms with Crippen molar-refractivity contribution in [3.05, 3.63) is 0 Å². The summed E-state index contributed by atoms with van der Waals surface area (Å²) in [6.45, 7) is 0.659. The third-order valence-corrected chi connectivity index (χ3v) is 3.37. The van der Waals surface area contributed by atoms with E-state index in [4.69, 9.17) is 5.73 Å². The highest BCUT2D eigenvalue weighted by atomic mass is 16.2. The summed E-state index contributed by atoms with van der Waals surface area (Å²) in [5.41, 5.74) is 5.93. The molecule has 0 radical (unpaired) electrons. The molecule has 0 aromatic carbocycles. The highest BCUT2D eigenvalue weighted by Gasteiger charge is 2.33. The first-order chi connectivity index (χ1) is 6.59. The van der Waals surface area contributed by atoms with Gasteiger partial charge in [-0.2, -0.15) is 0 Å². The second-order valence-electron chi connectivity index (χ2n) is 4.73. The normalized spacial score (nSPS) is 20.5. The van der Waals surface area contributed by atoms with E-state index in [0.29, 0.717) is 13.0 Å². The SMILES string of the molecule is CN(C)C(=O)CC1(CN)CCCCC1. The van der Waals surface area contributed by atoms with E-state index >= 15 is 0 Å². The molecule has 2 N–H and O–H groups in total. The predicted molar refractivity (Wildman–Crippen MR) is 57.9 cm³/mol. The van der Waals surface area contributed by atoms with E-state index in [2.05, 4.69) is 0 Å². The van der Waals surface area contributed by atoms with Crippen LogP contribution in [0.4, 0.5) is 0 Å². The van der Waals surface area contributed by atoms with Crippen molar-refractivity contribution in [1.82, 2.24) is 4.90 Å². The average molecular weight is 198 g/mol. The zero-order chi connectivity index (χ0) is 10.6. The molecule has 1 amide bonds. The summed E-state index contributed by atoms with van der Waals surface area (Å²) in [6.07, 6.45) is 6.66. The van der Waals surface area contributed by atoms with Crippen LogP contribution < -0.4 is 5.73 Å². The number of rotatable bonds is 3. The van der Waals surface area contributed by atoms with Crippen molar-refractivity contribution >= 4 is 5.91 Å². The van der Waals surface area contributed by atoms with E-state index in [1.165, 1.54) is 19.3 Å². The van der Waals surface area contributed by atoms with Gasteiger partial charge in [0.25, 0.3) is 0 Å². The van der Waals surface area contributed by atoms with Crippen molar-refractivity contribution < 1.29 is 4.79 Å². The van der Waals surface area contributed by atoms with Gasteiger partial charge in [-0.05, 0) is 24.8 Å². The quantitative estimate of drug-likeness (QED) is 0.744. The first-order valence-electron chi connectivity index (χ1n) is 5.50. The molecule has 0 aliphatic heterocycles. The molecular weight excluding hydrogens is 176 g/mol. The molecule has 0 unspecified atom stereocenters. The topological polar surface area (TPSA) is 46.3 Å². The molecule has 0 spiro atoms. The Morgan fingerprint density at radius 2 is 1.86 bits per heavy atom. The molecule has 3 nitrogen and oxygen atoms in total. The maximum atomic E-state index is 11.6. The Morgan fingerprint density at radius 3 is 2.29 bits per heavy atom. The molecule has 82 valence electrons. The van der Waals surface area contributed by atoms with Gasteiger partial charge in [-0.1, -0.05) is 19.3 Å². The van der Waals surface area contributed by atoms with E-state index in [0.717, 1.165) is 12.8 Å². The minimum atomic E-state index is 0.111. The predicted octanol–water partition coefficient (Wildman–Crippen LogP) is 1.37. The second-order valence-corrected chi connectivity index (χ2v) is 4.73. The van der Waals surface area contributed by atoms with Gasteiger partial charge in [0.15, 0.2) is 0 Å². The third-order valence-electron chi connectivity index (χ3n) is 3.37. The van der Waals surface area contributed by atoms with Gasteiger partial charge in [-0.15, -0.1) is 0 Å². The Labute approximate surface area is 86.6 Å². The smallest absolute Gasteiger partial charge is 0.222 e. The Kier molecular flexibility index (Phi) is 3.93. The monoisotopic (exact) mass is 198 g/mol. The number of amides is 1. The van der Waals surface area contributed by atoms with Crippen LogP contribution in [0.1, 0.15) is 38.5 Å². The van der Waals surface area contributed by atoms with Crippen molar-refractivity contribution in [3.63, 3.8) is 0 Å². The van der Waals surface area contributed by atoms with Crippen LogP contribution in [0.3, 0.4) is 0 Å². The molecule has 0 aromatic rings. The summed E-state index contributed by atoms with van der Waals surface area (Å²) >= 11 is 0. The van der Waals surface area contributed by atoms with E-state index in [-0.39, 0.29) is 11.3 Å². The lowest BCUT2D eigenvalue weighted by atomic mass is 9.71. The van der Waals surface area contributed by atoms with Crippen LogP contribution in [0, 0.1) is 5.41 Å². The van der Waals surface area contributed by atoms with Crippen molar-refractivity contribution in [1.29, 1.82) is 0 Å². The van der Waals surface area contributed by atoms with E-state index in [9.17, 15) is 4.79 Å². The number of hydrogen-bond donors (Lipinski definition) is 1. The molecule has 1 aliphatic rings. The molecule has 0 bridgehead atoms. The van der Waals surface area contributed by atoms with Crippen molar-refractivity contribution in [2.75, 3.05) is 20.6 Å². The lowest BCUT2D eigenvalue weighted by molar-refractivity contribution is -0.131. The summed E-state index contributed by atoms with van der Waals surface area (Å²) < 4.78 is 0. The lowest BCUT2D eigenvalue weighted by Gasteiger charge is -2.36. The van der Waals surface area contributed by atoms with Crippen molar-refractivity contribution in [3.8, 4) is 0 Å². The Morgan fingerprint density at radius 1 is 1.29 bits per heavy atom. The van der Waals surface area contributed by atoms with Gasteiger partial charge >= 0.3 is 0 Å². The maximum Gasteiger partial charge on any atom is 0.222 e. The van der Waals surface area contributed by atoms with Crippen LogP contribution in [0.15, 0.2) is 0 Å². The molecular formula is C11H22N2O. The van der Waals surface area contributed by atoms with Gasteiger partial charge in [0.05, 0.1) is 0 Å². The number of nitrogens with two attached hydrogens (primary N) is 1. The Balaban J connectivity index is 2.56. The molecule has 14 heavy (non-hydrogen) atoms. The van der Waals surface area contributed by atoms with Crippen LogP contribution >= 0.6 is 0 Å². The van der Waals surface area contributed by atoms with Crippen LogP contribution in [0.5, 0.6) is 0 Å². The second kappa shape index (κ2) is 4.78. The highest BCUT2D eigenvalue weighted by molar-refractivity contribution is 5.76. The molecule has 0 atom stereocenters. The van der Waals surface area contributed by atoms with Crippen LogP contribution in [0.25, 0.3) is 0 Å². The zero-order valence-corrected chi connectivity index (χ0v) is 9.38. The molecule has 1 aliphatic carbocycles. The summed E-state index contributed by atoms with van der Waals surface area (Å²) in [6, 6.07) is 0. The zero-order valence-electron chi connectivity index (χ0n) is 9.38. The fourth-order valence-corrected chi connectivity index (χ4v) is 2.23. The number of nitrogens with zero attached hydrogens (tertiary/aromatic N) is 1. The van der Waals surface area contributed by atoms with Gasteiger partial charge in [-0.3, -0.25) is 4.79 Å². The summed E-state index contributed by atoms with van der Waals surface area (Å²) in [7, 11) is 3.63. The molecule has 0 aromatic heterocycles. The molecule has 1 saturated carbocycles. The average Bonchev–Trinajstić information content (AvgIpc) is 2.19. The highest BCUT2D eigenvalue weighted by Crippen LogP contribution is 2.38. The van der Waals surface area contributed by atoms with E-state index in [1.54, 1.807) is 4.90 Å². The Bertz CT molecular complexity index is 195. The first-order valence-corrected chi connectivity index (χ1v) is 5.50. The maximum absolute atomic E-state index is 11.6. The number of hydrogen-bond acceptors (Lipinski definition) is 2. The van der Waals surface area contributed by atoms with Crippen LogP contribution in [-0.2, 0) is 4.79 Å². The van der Waals surface area contributed by atoms with Gasteiger partial charge < -0.3 is 10.6 Å². The lowest BCUT2D eigenvalue weighted by Crippen LogP contribution is -2.38. The largest absolute Gasteiger partial charge is 0.349 e. The minimum Gasteiger partial charge on any atom is -0.349 e. The molecule has 1 rings (SSSR count). The van der Waals surface area contributed by atoms with Gasteiger partial charge in [0, 0.05) is 20.5 Å². The van der Waals surface area contributed by atoms with Gasteiger partial charge in [0.2, 0.25) is 5.91 Å². The standard InChI is InChI=1S/C11H22N2O/c1-13(2)10(14)8-11(9-12)6-4-3-5-7-11/h3-9,12H2,1-2H3. The molecule has 0 heterocycles. The van der Waals surface area contributed by atoms with Crippen molar-refractivity contribution in [2.24, 2.45) is 11.1 Å². The van der Waals surface area contributed by atoms with Crippen molar-refractivity contribution in [2.45, 2.75) is 38.5 Å². The number of carbonyl (C=O) groups excluding carboxylic acids is 1. The molecule has 0 saturated heterocycles. The number of carbonyl (C=O) groups is 1. The van der Waals surface area contributed by atoms with E-state index < -0.39 is 0 Å². The Hall–Kier alpha value is -0.570. The minimum absolute atomic E-state index is 0.111. The summed E-state index contributed by atoms with van der Waals surface area (Å²) in [5.74, 6) is 0.220. The van der Waals surface area contributed by atoms with Gasteiger partial charge in [0.1, 0.15) is 0 Å². The molecule has 1 fully saturated rings. The van der Waals surface area contributed by atoms with E-state index in [1.807, 2.05) is 14.1 Å². The van der Waals surface area contributed by atoms with Gasteiger partial charge in [-0.25, -0.2) is 0 Å². The first kappa shape index (κ1) is 11.5. The summed E-state index contributed by atoms with van der Waals surface area (Å²) in [5, 5.41) is 0. The fraction of sp³-hybridized carbons (Fsp3) is 0.909. The third kappa shape index (κ3) is 2.71. The summed E-state index contributed by atoms with van der Waals surface area (Å²) in [4.78, 5) is 13.3.